The molecule has 4 heteroatoms. The second-order valence-electron chi connectivity index (χ2n) is 3.34. The SMILES string of the molecule is CCCCO[C@H]1C[C@@H](O)C=C(CF)O1. The summed E-state index contributed by atoms with van der Waals surface area (Å²) in [5, 5.41) is 9.33. The van der Waals surface area contributed by atoms with Crippen LogP contribution in [-0.2, 0) is 9.47 Å². The molecule has 0 aromatic carbocycles. The lowest BCUT2D eigenvalue weighted by atomic mass is 10.2. The monoisotopic (exact) mass is 204 g/mol. The molecule has 0 fully saturated rings. The summed E-state index contributed by atoms with van der Waals surface area (Å²) < 4.78 is 22.7. The molecular formula is C10H17FO3. The number of aliphatic hydroxyl groups is 1. The molecule has 0 saturated carbocycles. The first-order chi connectivity index (χ1) is 6.76. The van der Waals surface area contributed by atoms with Gasteiger partial charge in [0.1, 0.15) is 12.4 Å². The molecule has 3 nitrogen and oxygen atoms in total. The van der Waals surface area contributed by atoms with E-state index in [2.05, 4.69) is 6.92 Å². The third kappa shape index (κ3) is 3.64. The van der Waals surface area contributed by atoms with Crippen LogP contribution >= 0.6 is 0 Å². The molecule has 0 spiro atoms. The molecule has 0 aliphatic carbocycles. The van der Waals surface area contributed by atoms with Crippen molar-refractivity contribution in [3.8, 4) is 0 Å². The molecule has 2 atom stereocenters. The Morgan fingerprint density at radius 1 is 1.71 bits per heavy atom. The second kappa shape index (κ2) is 5.98. The van der Waals surface area contributed by atoms with E-state index in [1.54, 1.807) is 0 Å². The predicted octanol–water partition coefficient (Wildman–Crippen LogP) is 1.76. The molecule has 1 aliphatic heterocycles. The third-order valence-corrected chi connectivity index (χ3v) is 2.03. The summed E-state index contributed by atoms with van der Waals surface area (Å²) in [5.74, 6) is 0.172. The molecule has 0 aromatic rings. The smallest absolute Gasteiger partial charge is 0.202 e. The summed E-state index contributed by atoms with van der Waals surface area (Å²) in [6, 6.07) is 0. The van der Waals surface area contributed by atoms with E-state index in [9.17, 15) is 9.50 Å². The van der Waals surface area contributed by atoms with E-state index < -0.39 is 19.1 Å². The van der Waals surface area contributed by atoms with Crippen molar-refractivity contribution < 1.29 is 19.0 Å². The van der Waals surface area contributed by atoms with Gasteiger partial charge in [-0.3, -0.25) is 0 Å². The van der Waals surface area contributed by atoms with Crippen molar-refractivity contribution in [1.29, 1.82) is 0 Å². The Morgan fingerprint density at radius 2 is 2.50 bits per heavy atom. The molecule has 82 valence electrons. The van der Waals surface area contributed by atoms with Gasteiger partial charge in [0.2, 0.25) is 6.29 Å². The standard InChI is InChI=1S/C10H17FO3/c1-2-3-4-13-10-6-8(12)5-9(7-11)14-10/h5,8,10,12H,2-4,6-7H2,1H3/t8-,10+/m0/s1. The Kier molecular flexibility index (Phi) is 4.90. The van der Waals surface area contributed by atoms with Crippen molar-refractivity contribution in [1.82, 2.24) is 0 Å². The fourth-order valence-electron chi connectivity index (χ4n) is 1.27. The Hall–Kier alpha value is -0.610. The molecule has 0 aromatic heterocycles. The summed E-state index contributed by atoms with van der Waals surface area (Å²) in [7, 11) is 0. The minimum atomic E-state index is -0.690. The van der Waals surface area contributed by atoms with E-state index in [1.807, 2.05) is 0 Å². The number of alkyl halides is 1. The Bertz CT molecular complexity index is 194. The number of unbranched alkanes of at least 4 members (excludes halogenated alkanes) is 1. The van der Waals surface area contributed by atoms with E-state index in [4.69, 9.17) is 9.47 Å². The average Bonchev–Trinajstić information content (AvgIpc) is 2.17. The first-order valence-electron chi connectivity index (χ1n) is 4.99. The van der Waals surface area contributed by atoms with E-state index >= 15 is 0 Å². The topological polar surface area (TPSA) is 38.7 Å². The zero-order valence-electron chi connectivity index (χ0n) is 8.41. The van der Waals surface area contributed by atoms with E-state index in [0.29, 0.717) is 13.0 Å². The molecule has 1 rings (SSSR count). The molecule has 1 aliphatic rings. The van der Waals surface area contributed by atoms with Crippen LogP contribution in [0.5, 0.6) is 0 Å². The number of halogens is 1. The van der Waals surface area contributed by atoms with Crippen molar-refractivity contribution in [2.24, 2.45) is 0 Å². The summed E-state index contributed by atoms with van der Waals surface area (Å²) in [6.07, 6.45) is 2.62. The van der Waals surface area contributed by atoms with Gasteiger partial charge in [0.05, 0.1) is 12.7 Å². The molecule has 1 heterocycles. The Labute approximate surface area is 83.5 Å². The van der Waals surface area contributed by atoms with Gasteiger partial charge in [-0.15, -0.1) is 0 Å². The van der Waals surface area contributed by atoms with Gasteiger partial charge in [-0.05, 0) is 12.5 Å². The fraction of sp³-hybridized carbons (Fsp3) is 0.800. The number of rotatable bonds is 5. The van der Waals surface area contributed by atoms with E-state index in [1.165, 1.54) is 6.08 Å². The Balaban J connectivity index is 2.31. The van der Waals surface area contributed by atoms with Crippen LogP contribution in [0.1, 0.15) is 26.2 Å². The number of allylic oxidation sites excluding steroid dienone is 1. The lowest BCUT2D eigenvalue weighted by molar-refractivity contribution is -0.144. The fourth-order valence-corrected chi connectivity index (χ4v) is 1.27. The molecule has 0 saturated heterocycles. The average molecular weight is 204 g/mol. The van der Waals surface area contributed by atoms with Crippen LogP contribution in [0.15, 0.2) is 11.8 Å². The van der Waals surface area contributed by atoms with Crippen LogP contribution in [-0.4, -0.2) is 30.8 Å². The van der Waals surface area contributed by atoms with Crippen LogP contribution in [0.4, 0.5) is 4.39 Å². The van der Waals surface area contributed by atoms with Gasteiger partial charge < -0.3 is 14.6 Å². The van der Waals surface area contributed by atoms with E-state index in [0.717, 1.165) is 12.8 Å². The quantitative estimate of drug-likeness (QED) is 0.693. The normalized spacial score (nSPS) is 26.9. The summed E-state index contributed by atoms with van der Waals surface area (Å²) in [6.45, 7) is 1.96. The highest BCUT2D eigenvalue weighted by Crippen LogP contribution is 2.18. The highest BCUT2D eigenvalue weighted by molar-refractivity contribution is 5.01. The largest absolute Gasteiger partial charge is 0.467 e. The molecule has 0 radical (unpaired) electrons. The Morgan fingerprint density at radius 3 is 3.14 bits per heavy atom. The summed E-state index contributed by atoms with van der Waals surface area (Å²) in [4.78, 5) is 0. The van der Waals surface area contributed by atoms with Crippen molar-refractivity contribution in [3.05, 3.63) is 11.8 Å². The van der Waals surface area contributed by atoms with Crippen molar-refractivity contribution in [3.63, 3.8) is 0 Å². The van der Waals surface area contributed by atoms with Crippen molar-refractivity contribution >= 4 is 0 Å². The predicted molar refractivity (Wildman–Crippen MR) is 50.4 cm³/mol. The van der Waals surface area contributed by atoms with Gasteiger partial charge in [0.25, 0.3) is 0 Å². The minimum Gasteiger partial charge on any atom is -0.467 e. The van der Waals surface area contributed by atoms with Gasteiger partial charge >= 0.3 is 0 Å². The van der Waals surface area contributed by atoms with Gasteiger partial charge in [-0.25, -0.2) is 4.39 Å². The van der Waals surface area contributed by atoms with Crippen LogP contribution in [0.25, 0.3) is 0 Å². The number of hydrogen-bond donors (Lipinski definition) is 1. The van der Waals surface area contributed by atoms with Gasteiger partial charge in [0.15, 0.2) is 0 Å². The summed E-state index contributed by atoms with van der Waals surface area (Å²) >= 11 is 0. The zero-order valence-corrected chi connectivity index (χ0v) is 8.41. The first kappa shape index (κ1) is 11.5. The first-order valence-corrected chi connectivity index (χ1v) is 4.99. The summed E-state index contributed by atoms with van der Waals surface area (Å²) in [5.41, 5.74) is 0. The maximum atomic E-state index is 12.3. The van der Waals surface area contributed by atoms with Crippen molar-refractivity contribution in [2.45, 2.75) is 38.6 Å². The molecule has 0 bridgehead atoms. The minimum absolute atomic E-state index is 0.172. The molecule has 1 N–H and O–H groups in total. The molecule has 0 amide bonds. The number of ether oxygens (including phenoxy) is 2. The van der Waals surface area contributed by atoms with Gasteiger partial charge in [0, 0.05) is 6.42 Å². The van der Waals surface area contributed by atoms with Crippen LogP contribution in [0.3, 0.4) is 0 Å². The number of hydrogen-bond acceptors (Lipinski definition) is 3. The second-order valence-corrected chi connectivity index (χ2v) is 3.34. The van der Waals surface area contributed by atoms with Crippen LogP contribution < -0.4 is 0 Å². The van der Waals surface area contributed by atoms with Crippen molar-refractivity contribution in [2.75, 3.05) is 13.3 Å². The highest BCUT2D eigenvalue weighted by atomic mass is 19.1. The van der Waals surface area contributed by atoms with Gasteiger partial charge in [-0.2, -0.15) is 0 Å². The lowest BCUT2D eigenvalue weighted by Crippen LogP contribution is -2.28. The maximum absolute atomic E-state index is 12.3. The van der Waals surface area contributed by atoms with Crippen LogP contribution in [0, 0.1) is 0 Å². The van der Waals surface area contributed by atoms with Gasteiger partial charge in [-0.1, -0.05) is 13.3 Å². The molecular weight excluding hydrogens is 187 g/mol. The van der Waals surface area contributed by atoms with E-state index in [-0.39, 0.29) is 5.76 Å². The van der Waals surface area contributed by atoms with Crippen LogP contribution in [0.2, 0.25) is 0 Å². The zero-order chi connectivity index (χ0) is 10.4. The highest BCUT2D eigenvalue weighted by Gasteiger charge is 2.22. The molecule has 14 heavy (non-hydrogen) atoms. The molecule has 0 unspecified atom stereocenters. The maximum Gasteiger partial charge on any atom is 0.202 e. The third-order valence-electron chi connectivity index (χ3n) is 2.03. The number of aliphatic hydroxyl groups excluding tert-OH is 1. The lowest BCUT2D eigenvalue weighted by Gasteiger charge is -2.26.